The Morgan fingerprint density at radius 3 is 3.12 bits per heavy atom. The monoisotopic (exact) mass is 242 g/mol. The number of nitrogens with zero attached hydrogens (tertiary/aromatic N) is 1. The summed E-state index contributed by atoms with van der Waals surface area (Å²) in [6.07, 6.45) is 4.83. The van der Waals surface area contributed by atoms with Crippen LogP contribution in [0, 0.1) is 0 Å². The third-order valence-electron chi connectivity index (χ3n) is 4.13. The average Bonchev–Trinajstić information content (AvgIpc) is 2.85. The van der Waals surface area contributed by atoms with Crippen molar-refractivity contribution in [3.8, 4) is 0 Å². The third kappa shape index (κ3) is 1.75. The second-order valence-electron chi connectivity index (χ2n) is 5.13. The normalized spacial score (nSPS) is 43.8. The highest BCUT2D eigenvalue weighted by Crippen LogP contribution is 2.43. The van der Waals surface area contributed by atoms with Crippen molar-refractivity contribution in [2.45, 2.75) is 42.6 Å². The fourth-order valence-electron chi connectivity index (χ4n) is 3.27. The minimum atomic E-state index is -0.696. The molecule has 0 radical (unpaired) electrons. The van der Waals surface area contributed by atoms with Gasteiger partial charge in [-0.1, -0.05) is 0 Å². The van der Waals surface area contributed by atoms with Crippen LogP contribution in [-0.4, -0.2) is 51.8 Å². The molecule has 90 valence electrons. The quantitative estimate of drug-likeness (QED) is 0.710. The summed E-state index contributed by atoms with van der Waals surface area (Å²) in [5, 5.41) is 12.4. The Morgan fingerprint density at radius 1 is 1.50 bits per heavy atom. The Hall–Kier alpha value is -0.260. The first-order chi connectivity index (χ1) is 7.69. The van der Waals surface area contributed by atoms with Crippen molar-refractivity contribution < 1.29 is 9.90 Å². The van der Waals surface area contributed by atoms with Gasteiger partial charge in [-0.05, 0) is 32.2 Å². The molecule has 3 saturated heterocycles. The summed E-state index contributed by atoms with van der Waals surface area (Å²) < 4.78 is 0. The first kappa shape index (κ1) is 10.9. The molecule has 0 aromatic carbocycles. The average molecular weight is 242 g/mol. The number of carboxylic acids is 1. The van der Waals surface area contributed by atoms with Crippen molar-refractivity contribution in [1.29, 1.82) is 0 Å². The molecule has 0 saturated carbocycles. The van der Waals surface area contributed by atoms with Crippen LogP contribution in [0.2, 0.25) is 0 Å². The van der Waals surface area contributed by atoms with E-state index in [1.807, 2.05) is 11.8 Å². The first-order valence-corrected chi connectivity index (χ1v) is 7.06. The Kier molecular flexibility index (Phi) is 2.64. The van der Waals surface area contributed by atoms with Crippen LogP contribution in [0.1, 0.15) is 25.7 Å². The van der Waals surface area contributed by atoms with Crippen molar-refractivity contribution in [1.82, 2.24) is 10.2 Å². The number of rotatable bonds is 1. The van der Waals surface area contributed by atoms with Crippen LogP contribution in [0.15, 0.2) is 0 Å². The van der Waals surface area contributed by atoms with Gasteiger partial charge in [-0.25, -0.2) is 0 Å². The van der Waals surface area contributed by atoms with E-state index in [4.69, 9.17) is 5.11 Å². The number of nitrogens with one attached hydrogen (secondary N) is 1. The molecule has 3 atom stereocenters. The fraction of sp³-hybridized carbons (Fsp3) is 0.909. The standard InChI is InChI=1S/C11H18N2O2S/c14-10(15)9-7-16-11(12-9)3-5-13-4-1-2-8(13)6-11/h8-9,12H,1-7H2,(H,14,15). The first-order valence-electron chi connectivity index (χ1n) is 6.07. The number of aliphatic carboxylic acids is 1. The summed E-state index contributed by atoms with van der Waals surface area (Å²) in [5.41, 5.74) is 0. The van der Waals surface area contributed by atoms with Crippen molar-refractivity contribution in [3.63, 3.8) is 0 Å². The summed E-state index contributed by atoms with van der Waals surface area (Å²) in [4.78, 5) is 13.6. The molecular formula is C11H18N2O2S. The molecule has 3 aliphatic heterocycles. The smallest absolute Gasteiger partial charge is 0.321 e. The summed E-state index contributed by atoms with van der Waals surface area (Å²) in [7, 11) is 0. The molecular weight excluding hydrogens is 224 g/mol. The number of thioether (sulfide) groups is 1. The van der Waals surface area contributed by atoms with Crippen LogP contribution in [0.25, 0.3) is 0 Å². The molecule has 3 heterocycles. The van der Waals surface area contributed by atoms with E-state index >= 15 is 0 Å². The lowest BCUT2D eigenvalue weighted by atomic mass is 9.96. The molecule has 3 aliphatic rings. The molecule has 5 heteroatoms. The van der Waals surface area contributed by atoms with Gasteiger partial charge in [0.25, 0.3) is 0 Å². The largest absolute Gasteiger partial charge is 0.480 e. The lowest BCUT2D eigenvalue weighted by Crippen LogP contribution is -2.53. The zero-order valence-corrected chi connectivity index (χ0v) is 10.1. The zero-order chi connectivity index (χ0) is 11.2. The highest BCUT2D eigenvalue weighted by molar-refractivity contribution is 8.01. The van der Waals surface area contributed by atoms with Gasteiger partial charge in [0.2, 0.25) is 0 Å². The predicted octanol–water partition coefficient (Wildman–Crippen LogP) is 0.730. The van der Waals surface area contributed by atoms with Crippen molar-refractivity contribution in [3.05, 3.63) is 0 Å². The molecule has 0 bridgehead atoms. The number of fused-ring (bicyclic) bond motifs is 1. The molecule has 1 spiro atoms. The third-order valence-corrected chi connectivity index (χ3v) is 5.67. The molecule has 0 amide bonds. The summed E-state index contributed by atoms with van der Waals surface area (Å²) in [6.45, 7) is 2.38. The maximum Gasteiger partial charge on any atom is 0.321 e. The van der Waals surface area contributed by atoms with Gasteiger partial charge in [0, 0.05) is 18.3 Å². The fourth-order valence-corrected chi connectivity index (χ4v) is 4.75. The molecule has 16 heavy (non-hydrogen) atoms. The van der Waals surface area contributed by atoms with Gasteiger partial charge in [-0.15, -0.1) is 11.8 Å². The van der Waals surface area contributed by atoms with Crippen LogP contribution in [0.4, 0.5) is 0 Å². The van der Waals surface area contributed by atoms with E-state index in [2.05, 4.69) is 10.2 Å². The molecule has 4 nitrogen and oxygen atoms in total. The molecule has 3 fully saturated rings. The molecule has 3 unspecified atom stereocenters. The number of hydrogen-bond acceptors (Lipinski definition) is 4. The van der Waals surface area contributed by atoms with Gasteiger partial charge in [0.05, 0.1) is 4.87 Å². The molecule has 0 aliphatic carbocycles. The van der Waals surface area contributed by atoms with Crippen molar-refractivity contribution in [2.24, 2.45) is 0 Å². The van der Waals surface area contributed by atoms with Crippen LogP contribution in [0.3, 0.4) is 0 Å². The Bertz CT molecular complexity index is 312. The Morgan fingerprint density at radius 2 is 2.38 bits per heavy atom. The van der Waals surface area contributed by atoms with Gasteiger partial charge in [-0.2, -0.15) is 0 Å². The van der Waals surface area contributed by atoms with E-state index < -0.39 is 5.97 Å². The second-order valence-corrected chi connectivity index (χ2v) is 6.53. The highest BCUT2D eigenvalue weighted by atomic mass is 32.2. The van der Waals surface area contributed by atoms with Gasteiger partial charge < -0.3 is 10.0 Å². The van der Waals surface area contributed by atoms with Crippen molar-refractivity contribution in [2.75, 3.05) is 18.8 Å². The maximum atomic E-state index is 11.0. The van der Waals surface area contributed by atoms with Gasteiger partial charge in [0.15, 0.2) is 0 Å². The number of piperidine rings is 1. The highest BCUT2D eigenvalue weighted by Gasteiger charge is 2.47. The number of carbonyl (C=O) groups is 1. The molecule has 0 aromatic rings. The number of carboxylic acid groups (broad SMARTS) is 1. The van der Waals surface area contributed by atoms with Crippen LogP contribution >= 0.6 is 11.8 Å². The van der Waals surface area contributed by atoms with Crippen LogP contribution in [0.5, 0.6) is 0 Å². The predicted molar refractivity (Wildman–Crippen MR) is 63.6 cm³/mol. The minimum absolute atomic E-state index is 0.0641. The Labute approximate surface area is 99.8 Å². The lowest BCUT2D eigenvalue weighted by molar-refractivity contribution is -0.139. The van der Waals surface area contributed by atoms with E-state index in [-0.39, 0.29) is 10.9 Å². The lowest BCUT2D eigenvalue weighted by Gasteiger charge is -2.41. The van der Waals surface area contributed by atoms with Gasteiger partial charge in [-0.3, -0.25) is 10.1 Å². The zero-order valence-electron chi connectivity index (χ0n) is 9.32. The van der Waals surface area contributed by atoms with Gasteiger partial charge in [0.1, 0.15) is 6.04 Å². The summed E-state index contributed by atoms with van der Waals surface area (Å²) in [6, 6.07) is 0.360. The van der Waals surface area contributed by atoms with Crippen LogP contribution < -0.4 is 5.32 Å². The minimum Gasteiger partial charge on any atom is -0.480 e. The van der Waals surface area contributed by atoms with E-state index in [1.165, 1.54) is 19.4 Å². The number of hydrogen-bond donors (Lipinski definition) is 2. The SMILES string of the molecule is O=C(O)C1CSC2(CCN3CCCC3C2)N1. The van der Waals surface area contributed by atoms with Gasteiger partial charge >= 0.3 is 5.97 Å². The van der Waals surface area contributed by atoms with E-state index in [1.54, 1.807) is 0 Å². The second kappa shape index (κ2) is 3.89. The van der Waals surface area contributed by atoms with Crippen LogP contribution in [-0.2, 0) is 4.79 Å². The molecule has 3 rings (SSSR count). The molecule has 0 aromatic heterocycles. The Balaban J connectivity index is 1.69. The van der Waals surface area contributed by atoms with E-state index in [0.717, 1.165) is 25.1 Å². The summed E-state index contributed by atoms with van der Waals surface area (Å²) in [5.74, 6) is 0.0282. The summed E-state index contributed by atoms with van der Waals surface area (Å²) >= 11 is 1.83. The van der Waals surface area contributed by atoms with E-state index in [9.17, 15) is 4.79 Å². The topological polar surface area (TPSA) is 52.6 Å². The van der Waals surface area contributed by atoms with E-state index in [0.29, 0.717) is 6.04 Å². The van der Waals surface area contributed by atoms with Crippen molar-refractivity contribution >= 4 is 17.7 Å². The molecule has 2 N–H and O–H groups in total. The maximum absolute atomic E-state index is 11.0.